The third-order valence-electron chi connectivity index (χ3n) is 7.08. The zero-order valence-electron chi connectivity index (χ0n) is 21.4. The summed E-state index contributed by atoms with van der Waals surface area (Å²) in [5.41, 5.74) is 3.22. The Kier molecular flexibility index (Phi) is 6.40. The van der Waals surface area contributed by atoms with Crippen molar-refractivity contribution in [3.8, 4) is 28.7 Å². The Morgan fingerprint density at radius 2 is 2.00 bits per heavy atom. The predicted molar refractivity (Wildman–Crippen MR) is 148 cm³/mol. The number of aromatic amines is 1. The van der Waals surface area contributed by atoms with E-state index in [9.17, 15) is 22.4 Å². The van der Waals surface area contributed by atoms with Crippen molar-refractivity contribution in [1.82, 2.24) is 19.9 Å². The molecule has 2 aromatic carbocycles. The molecule has 0 spiro atoms. The predicted octanol–water partition coefficient (Wildman–Crippen LogP) is 4.49. The van der Waals surface area contributed by atoms with E-state index in [4.69, 9.17) is 4.74 Å². The van der Waals surface area contributed by atoms with Crippen LogP contribution in [0.4, 0.5) is 3.89 Å². The fourth-order valence-corrected chi connectivity index (χ4v) is 5.42. The van der Waals surface area contributed by atoms with Crippen LogP contribution in [0.1, 0.15) is 31.4 Å². The topological polar surface area (TPSA) is 139 Å². The van der Waals surface area contributed by atoms with Crippen LogP contribution < -0.4 is 19.7 Å². The van der Waals surface area contributed by atoms with Crippen molar-refractivity contribution in [3.63, 3.8) is 0 Å². The second-order valence-corrected chi connectivity index (χ2v) is 10.6. The first-order valence-electron chi connectivity index (χ1n) is 12.8. The Morgan fingerprint density at radius 3 is 2.70 bits per heavy atom. The summed E-state index contributed by atoms with van der Waals surface area (Å²) in [5.74, 6) is 0.115. The molecule has 6 rings (SSSR count). The molecule has 4 heterocycles. The van der Waals surface area contributed by atoms with Crippen LogP contribution in [-0.4, -0.2) is 42.6 Å². The largest absolute Gasteiger partial charge is 0.493 e. The molecule has 1 aliphatic heterocycles. The van der Waals surface area contributed by atoms with Crippen LogP contribution in [0.15, 0.2) is 53.6 Å². The van der Waals surface area contributed by atoms with Gasteiger partial charge in [-0.15, -0.1) is 0 Å². The summed E-state index contributed by atoms with van der Waals surface area (Å²) in [5, 5.41) is 14.4. The van der Waals surface area contributed by atoms with Crippen LogP contribution in [0.2, 0.25) is 0 Å². The number of aromatic nitrogens is 3. The van der Waals surface area contributed by atoms with Crippen LogP contribution in [0.5, 0.6) is 11.5 Å². The third kappa shape index (κ3) is 4.53. The van der Waals surface area contributed by atoms with Crippen LogP contribution in [0, 0.1) is 11.3 Å². The summed E-state index contributed by atoms with van der Waals surface area (Å²) < 4.78 is 48.1. The molecule has 1 aliphatic rings. The number of rotatable bonds is 8. The van der Waals surface area contributed by atoms with Crippen LogP contribution in [0.3, 0.4) is 0 Å². The average Bonchev–Trinajstić information content (AvgIpc) is 3.27. The maximum absolute atomic E-state index is 14.0. The van der Waals surface area contributed by atoms with E-state index in [-0.39, 0.29) is 17.2 Å². The molecule has 0 atom stereocenters. The van der Waals surface area contributed by atoms with Gasteiger partial charge in [0.25, 0.3) is 0 Å². The normalized spacial score (nSPS) is 13.9. The number of pyridine rings is 2. The lowest BCUT2D eigenvalue weighted by Gasteiger charge is -2.32. The van der Waals surface area contributed by atoms with Gasteiger partial charge in [0, 0.05) is 41.3 Å². The van der Waals surface area contributed by atoms with Gasteiger partial charge in [-0.3, -0.25) is 9.78 Å². The van der Waals surface area contributed by atoms with E-state index in [2.05, 4.69) is 30.1 Å². The first-order chi connectivity index (χ1) is 19.3. The highest BCUT2D eigenvalue weighted by molar-refractivity contribution is 7.81. The molecule has 0 amide bonds. The minimum absolute atomic E-state index is 0.0401. The molecule has 1 fully saturated rings. The van der Waals surface area contributed by atoms with E-state index in [0.29, 0.717) is 69.6 Å². The van der Waals surface area contributed by atoms with E-state index in [1.54, 1.807) is 24.3 Å². The zero-order chi connectivity index (χ0) is 28.0. The molecule has 0 unspecified atom stereocenters. The molecule has 0 saturated carbocycles. The molecule has 0 bridgehead atoms. The molecule has 0 aliphatic carbocycles. The Labute approximate surface area is 228 Å². The lowest BCUT2D eigenvalue weighted by Crippen LogP contribution is -2.44. The highest BCUT2D eigenvalue weighted by Crippen LogP contribution is 2.38. The fraction of sp³-hybridized carbons (Fsp3) is 0.250. The van der Waals surface area contributed by atoms with E-state index in [1.807, 2.05) is 13.0 Å². The summed E-state index contributed by atoms with van der Waals surface area (Å²) in [7, 11) is -5.25. The van der Waals surface area contributed by atoms with Crippen molar-refractivity contribution in [2.75, 3.05) is 19.7 Å². The second kappa shape index (κ2) is 9.93. The molecule has 3 aromatic heterocycles. The van der Waals surface area contributed by atoms with Gasteiger partial charge in [0.15, 0.2) is 11.2 Å². The molecule has 0 radical (unpaired) electrons. The van der Waals surface area contributed by atoms with Crippen molar-refractivity contribution < 1.29 is 21.2 Å². The summed E-state index contributed by atoms with van der Waals surface area (Å²) >= 11 is 0. The SMILES string of the molecule is CCCCOc1cc2c(=O)c3c4ccc(C#N)cc4[nH]c3n(C3CNC3)c2cc1-c1cncc(OS(=O)(=O)F)c1. The number of unbranched alkanes of at least 4 members (excludes halogenated alkanes) is 1. The van der Waals surface area contributed by atoms with Gasteiger partial charge in [-0.05, 0) is 36.8 Å². The lowest BCUT2D eigenvalue weighted by atomic mass is 10.0. The fourth-order valence-electron chi connectivity index (χ4n) is 5.10. The van der Waals surface area contributed by atoms with E-state index in [1.165, 1.54) is 12.3 Å². The van der Waals surface area contributed by atoms with Gasteiger partial charge < -0.3 is 23.8 Å². The van der Waals surface area contributed by atoms with Gasteiger partial charge in [-0.1, -0.05) is 23.3 Å². The number of hydrogen-bond donors (Lipinski definition) is 2. The molecule has 5 aromatic rings. The molecular weight excluding hydrogens is 537 g/mol. The molecule has 10 nitrogen and oxygen atoms in total. The van der Waals surface area contributed by atoms with Gasteiger partial charge in [0.2, 0.25) is 0 Å². The summed E-state index contributed by atoms with van der Waals surface area (Å²) in [6.45, 7) is 3.80. The van der Waals surface area contributed by atoms with Crippen LogP contribution in [0.25, 0.3) is 44.0 Å². The van der Waals surface area contributed by atoms with Crippen molar-refractivity contribution in [2.24, 2.45) is 0 Å². The van der Waals surface area contributed by atoms with Gasteiger partial charge in [0.05, 0.1) is 46.8 Å². The Morgan fingerprint density at radius 1 is 1.18 bits per heavy atom. The number of ether oxygens (including phenoxy) is 1. The lowest BCUT2D eigenvalue weighted by molar-refractivity contribution is 0.311. The Hall–Kier alpha value is -4.47. The van der Waals surface area contributed by atoms with Gasteiger partial charge in [0.1, 0.15) is 11.4 Å². The number of H-pyrrole nitrogens is 1. The van der Waals surface area contributed by atoms with Crippen molar-refractivity contribution in [1.29, 1.82) is 5.26 Å². The molecule has 1 saturated heterocycles. The number of nitrogens with one attached hydrogen (secondary N) is 2. The van der Waals surface area contributed by atoms with Crippen molar-refractivity contribution >= 4 is 43.3 Å². The number of halogens is 1. The molecule has 12 heteroatoms. The second-order valence-electron chi connectivity index (χ2n) is 9.69. The smallest absolute Gasteiger partial charge is 0.488 e. The van der Waals surface area contributed by atoms with Crippen LogP contribution in [-0.2, 0) is 10.5 Å². The number of benzene rings is 2. The quantitative estimate of drug-likeness (QED) is 0.209. The minimum atomic E-state index is -5.25. The number of fused-ring (bicyclic) bond motifs is 4. The van der Waals surface area contributed by atoms with Gasteiger partial charge >= 0.3 is 10.5 Å². The highest BCUT2D eigenvalue weighted by Gasteiger charge is 2.26. The van der Waals surface area contributed by atoms with E-state index in [0.717, 1.165) is 24.4 Å². The van der Waals surface area contributed by atoms with Crippen LogP contribution >= 0.6 is 0 Å². The Bertz CT molecular complexity index is 2010. The highest BCUT2D eigenvalue weighted by atomic mass is 32.3. The number of nitriles is 1. The monoisotopic (exact) mass is 561 g/mol. The molecular formula is C28H24FN5O5S. The third-order valence-corrected chi connectivity index (χ3v) is 7.47. The maximum Gasteiger partial charge on any atom is 0.488 e. The zero-order valence-corrected chi connectivity index (χ0v) is 22.2. The van der Waals surface area contributed by atoms with E-state index >= 15 is 0 Å². The maximum atomic E-state index is 14.0. The summed E-state index contributed by atoms with van der Waals surface area (Å²) in [6.07, 6.45) is 4.26. The first kappa shape index (κ1) is 25.8. The molecule has 40 heavy (non-hydrogen) atoms. The summed E-state index contributed by atoms with van der Waals surface area (Å²) in [4.78, 5) is 21.4. The molecule has 204 valence electrons. The van der Waals surface area contributed by atoms with Gasteiger partial charge in [-0.2, -0.15) is 13.7 Å². The number of nitrogens with zero attached hydrogens (tertiary/aromatic N) is 3. The first-order valence-corrected chi connectivity index (χ1v) is 14.1. The van der Waals surface area contributed by atoms with Gasteiger partial charge in [-0.25, -0.2) is 0 Å². The van der Waals surface area contributed by atoms with E-state index < -0.39 is 10.5 Å². The van der Waals surface area contributed by atoms with Crippen molar-refractivity contribution in [3.05, 3.63) is 64.6 Å². The summed E-state index contributed by atoms with van der Waals surface area (Å²) in [6, 6.07) is 12.2. The van der Waals surface area contributed by atoms with Crippen molar-refractivity contribution in [2.45, 2.75) is 25.8 Å². The molecule has 2 N–H and O–H groups in total. The minimum Gasteiger partial charge on any atom is -0.493 e. The number of hydrogen-bond acceptors (Lipinski definition) is 8. The standard InChI is InChI=1S/C28H24FN5O5S/c1-2-3-6-38-25-10-22-24(9-21(25)17-8-19(15-31-12-17)39-40(29,36)37)34(18-13-32-14-18)28-26(27(22)35)20-5-4-16(11-30)7-23(20)33-28/h4-5,7-10,12,15,18,32-33H,2-3,6,13-14H2,1H3. The Balaban J connectivity index is 1.66. The average molecular weight is 562 g/mol.